The Morgan fingerprint density at radius 1 is 1.12 bits per heavy atom. The van der Waals surface area contributed by atoms with Crippen LogP contribution in [0.1, 0.15) is 12.0 Å². The Bertz CT molecular complexity index is 522. The minimum absolute atomic E-state index is 0.756. The van der Waals surface area contributed by atoms with E-state index in [-0.39, 0.29) is 0 Å². The van der Waals surface area contributed by atoms with E-state index in [0.29, 0.717) is 0 Å². The first-order valence-corrected chi connectivity index (χ1v) is 9.15. The lowest BCUT2D eigenvalue weighted by atomic mass is 10.1. The number of nitrogens with one attached hydrogen (secondary N) is 1. The van der Waals surface area contributed by atoms with Crippen molar-refractivity contribution in [1.82, 2.24) is 20.0 Å². The molecule has 0 spiro atoms. The topological polar surface area (TPSA) is 34.1 Å². The summed E-state index contributed by atoms with van der Waals surface area (Å²) in [5.74, 6) is 1.83. The lowest BCUT2D eigenvalue weighted by Gasteiger charge is -2.36. The van der Waals surface area contributed by atoms with Crippen LogP contribution in [0, 0.1) is 5.92 Å². The number of guanidine groups is 1. The highest BCUT2D eigenvalue weighted by Gasteiger charge is 2.22. The molecule has 1 aromatic rings. The Morgan fingerprint density at radius 2 is 1.88 bits per heavy atom. The number of likely N-dealkylation sites (tertiary alicyclic amines) is 1. The van der Waals surface area contributed by atoms with Gasteiger partial charge in [0.1, 0.15) is 0 Å². The summed E-state index contributed by atoms with van der Waals surface area (Å²) in [4.78, 5) is 11.8. The van der Waals surface area contributed by atoms with Gasteiger partial charge in [0.15, 0.2) is 5.96 Å². The van der Waals surface area contributed by atoms with Crippen molar-refractivity contribution in [1.29, 1.82) is 0 Å². The standard InChI is InChI=1S/C19H31N5/c1-20-19(21-14-18-8-9-22(2)15-18)24-12-10-23(11-13-24)16-17-6-4-3-5-7-17/h3-7,18H,8-16H2,1-2H3,(H,20,21). The molecule has 5 heteroatoms. The van der Waals surface area contributed by atoms with E-state index in [2.05, 4.69) is 62.4 Å². The molecule has 2 aliphatic rings. The van der Waals surface area contributed by atoms with Gasteiger partial charge in [-0.15, -0.1) is 0 Å². The first-order valence-electron chi connectivity index (χ1n) is 9.15. The number of hydrogen-bond donors (Lipinski definition) is 1. The SMILES string of the molecule is CN=C(NCC1CCN(C)C1)N1CCN(Cc2ccccc2)CC1. The van der Waals surface area contributed by atoms with Gasteiger partial charge in [-0.05, 0) is 31.5 Å². The lowest BCUT2D eigenvalue weighted by molar-refractivity contribution is 0.172. The van der Waals surface area contributed by atoms with Gasteiger partial charge < -0.3 is 15.1 Å². The molecule has 2 heterocycles. The van der Waals surface area contributed by atoms with E-state index in [1.165, 1.54) is 25.1 Å². The highest BCUT2D eigenvalue weighted by atomic mass is 15.3. The second-order valence-electron chi connectivity index (χ2n) is 7.09. The predicted molar refractivity (Wildman–Crippen MR) is 100 cm³/mol. The molecule has 0 bridgehead atoms. The van der Waals surface area contributed by atoms with Crippen LogP contribution in [-0.2, 0) is 6.54 Å². The summed E-state index contributed by atoms with van der Waals surface area (Å²) < 4.78 is 0. The zero-order valence-electron chi connectivity index (χ0n) is 15.1. The Balaban J connectivity index is 1.42. The molecule has 2 saturated heterocycles. The van der Waals surface area contributed by atoms with Crippen LogP contribution in [0.4, 0.5) is 0 Å². The summed E-state index contributed by atoms with van der Waals surface area (Å²) >= 11 is 0. The molecule has 0 aliphatic carbocycles. The fraction of sp³-hybridized carbons (Fsp3) is 0.632. The van der Waals surface area contributed by atoms with E-state index < -0.39 is 0 Å². The lowest BCUT2D eigenvalue weighted by Crippen LogP contribution is -2.52. The monoisotopic (exact) mass is 329 g/mol. The van der Waals surface area contributed by atoms with Gasteiger partial charge in [0.05, 0.1) is 0 Å². The van der Waals surface area contributed by atoms with Crippen molar-refractivity contribution in [2.24, 2.45) is 10.9 Å². The van der Waals surface area contributed by atoms with Crippen molar-refractivity contribution in [2.45, 2.75) is 13.0 Å². The summed E-state index contributed by atoms with van der Waals surface area (Å²) in [5.41, 5.74) is 1.40. The van der Waals surface area contributed by atoms with Crippen molar-refractivity contribution >= 4 is 5.96 Å². The van der Waals surface area contributed by atoms with Crippen LogP contribution in [0.2, 0.25) is 0 Å². The fourth-order valence-electron chi connectivity index (χ4n) is 3.72. The van der Waals surface area contributed by atoms with Gasteiger partial charge in [0.2, 0.25) is 0 Å². The Morgan fingerprint density at radius 3 is 2.50 bits per heavy atom. The van der Waals surface area contributed by atoms with Crippen molar-refractivity contribution in [3.8, 4) is 0 Å². The van der Waals surface area contributed by atoms with Crippen LogP contribution in [0.25, 0.3) is 0 Å². The predicted octanol–water partition coefficient (Wildman–Crippen LogP) is 1.33. The second kappa shape index (κ2) is 8.49. The summed E-state index contributed by atoms with van der Waals surface area (Å²) in [6.07, 6.45) is 1.30. The molecule has 0 amide bonds. The average Bonchev–Trinajstić information content (AvgIpc) is 3.03. The highest BCUT2D eigenvalue weighted by Crippen LogP contribution is 2.13. The molecule has 132 valence electrons. The second-order valence-corrected chi connectivity index (χ2v) is 7.09. The van der Waals surface area contributed by atoms with Gasteiger partial charge in [-0.25, -0.2) is 0 Å². The smallest absolute Gasteiger partial charge is 0.193 e. The normalized spacial score (nSPS) is 23.7. The summed E-state index contributed by atoms with van der Waals surface area (Å²) in [6, 6.07) is 10.8. The first-order chi connectivity index (χ1) is 11.7. The molecular weight excluding hydrogens is 298 g/mol. The zero-order valence-corrected chi connectivity index (χ0v) is 15.1. The number of rotatable bonds is 4. The largest absolute Gasteiger partial charge is 0.356 e. The van der Waals surface area contributed by atoms with Gasteiger partial charge in [0.25, 0.3) is 0 Å². The minimum Gasteiger partial charge on any atom is -0.356 e. The molecule has 1 N–H and O–H groups in total. The number of benzene rings is 1. The molecule has 0 aromatic heterocycles. The third kappa shape index (κ3) is 4.71. The molecule has 1 aromatic carbocycles. The fourth-order valence-corrected chi connectivity index (χ4v) is 3.72. The quantitative estimate of drug-likeness (QED) is 0.668. The first kappa shape index (κ1) is 17.2. The Hall–Kier alpha value is -1.59. The Kier molecular flexibility index (Phi) is 6.10. The molecule has 0 radical (unpaired) electrons. The third-order valence-electron chi connectivity index (χ3n) is 5.17. The summed E-state index contributed by atoms with van der Waals surface area (Å²) in [6.45, 7) is 8.83. The van der Waals surface area contributed by atoms with E-state index in [4.69, 9.17) is 0 Å². The van der Waals surface area contributed by atoms with Gasteiger partial charge in [-0.3, -0.25) is 9.89 Å². The van der Waals surface area contributed by atoms with E-state index in [9.17, 15) is 0 Å². The van der Waals surface area contributed by atoms with Crippen molar-refractivity contribution in [3.05, 3.63) is 35.9 Å². The van der Waals surface area contributed by atoms with Crippen LogP contribution in [0.3, 0.4) is 0 Å². The molecule has 0 saturated carbocycles. The Labute approximate surface area is 146 Å². The summed E-state index contributed by atoms with van der Waals surface area (Å²) in [7, 11) is 4.11. The average molecular weight is 329 g/mol. The van der Waals surface area contributed by atoms with Crippen LogP contribution in [0.5, 0.6) is 0 Å². The van der Waals surface area contributed by atoms with Gasteiger partial charge in [-0.2, -0.15) is 0 Å². The van der Waals surface area contributed by atoms with E-state index >= 15 is 0 Å². The molecule has 2 fully saturated rings. The molecule has 3 rings (SSSR count). The molecule has 1 atom stereocenters. The highest BCUT2D eigenvalue weighted by molar-refractivity contribution is 5.80. The molecule has 5 nitrogen and oxygen atoms in total. The molecular formula is C19H31N5. The van der Waals surface area contributed by atoms with Crippen molar-refractivity contribution in [2.75, 3.05) is 59.9 Å². The number of nitrogens with zero attached hydrogens (tertiary/aromatic N) is 4. The van der Waals surface area contributed by atoms with Crippen LogP contribution in [0.15, 0.2) is 35.3 Å². The molecule has 1 unspecified atom stereocenters. The van der Waals surface area contributed by atoms with Crippen molar-refractivity contribution in [3.63, 3.8) is 0 Å². The maximum Gasteiger partial charge on any atom is 0.193 e. The van der Waals surface area contributed by atoms with E-state index in [1.807, 2.05) is 7.05 Å². The molecule has 24 heavy (non-hydrogen) atoms. The van der Waals surface area contributed by atoms with Crippen LogP contribution >= 0.6 is 0 Å². The van der Waals surface area contributed by atoms with E-state index in [1.54, 1.807) is 0 Å². The number of piperazine rings is 1. The van der Waals surface area contributed by atoms with Gasteiger partial charge in [0, 0.05) is 52.9 Å². The molecule has 2 aliphatic heterocycles. The van der Waals surface area contributed by atoms with Gasteiger partial charge in [-0.1, -0.05) is 30.3 Å². The number of aliphatic imine (C=N–C) groups is 1. The maximum absolute atomic E-state index is 4.50. The summed E-state index contributed by atoms with van der Waals surface area (Å²) in [5, 5.41) is 3.60. The number of hydrogen-bond acceptors (Lipinski definition) is 3. The van der Waals surface area contributed by atoms with Crippen LogP contribution in [-0.4, -0.2) is 80.6 Å². The van der Waals surface area contributed by atoms with Gasteiger partial charge >= 0.3 is 0 Å². The van der Waals surface area contributed by atoms with E-state index in [0.717, 1.165) is 51.1 Å². The third-order valence-corrected chi connectivity index (χ3v) is 5.17. The zero-order chi connectivity index (χ0) is 16.8. The maximum atomic E-state index is 4.50. The van der Waals surface area contributed by atoms with Crippen molar-refractivity contribution < 1.29 is 0 Å². The minimum atomic E-state index is 0.756. The van der Waals surface area contributed by atoms with Crippen LogP contribution < -0.4 is 5.32 Å².